The first-order valence-corrected chi connectivity index (χ1v) is 24.4. The standard InChI is InChI=1S/C47H50ClF3N8O8S/c48-34-7-5-30(6-8-34)38-4-1-3-33(47(49,50)51)23-32(38)28-56-16-18-57(19-17-56)35-9-11-39(41(25-35)58-15-2-20-67-46-43(58)24-31-13-14-52-44(31)54-46)45(60)55-68(63,64)37-10-12-40(42(26-37)59(61)62)53-27-36-29-65-21-22-66-36/h5-14,24-26,33,36,53H,1-4,15-23,27-29H2,(H,52,54)(H,55,60)/t33-,36-/m0/s1. The predicted molar refractivity (Wildman–Crippen MR) is 251 cm³/mol. The number of hydrogen-bond acceptors (Lipinski definition) is 13. The van der Waals surface area contributed by atoms with Gasteiger partial charge >= 0.3 is 6.18 Å². The van der Waals surface area contributed by atoms with Gasteiger partial charge in [0, 0.05) is 74.2 Å². The van der Waals surface area contributed by atoms with Gasteiger partial charge in [0.2, 0.25) is 5.88 Å². The Morgan fingerprint density at radius 3 is 2.51 bits per heavy atom. The van der Waals surface area contributed by atoms with E-state index >= 15 is 0 Å². The molecule has 1 aliphatic carbocycles. The lowest BCUT2D eigenvalue weighted by Crippen LogP contribution is -2.47. The number of hydrogen-bond donors (Lipinski definition) is 3. The van der Waals surface area contributed by atoms with Crippen LogP contribution in [0.1, 0.15) is 48.0 Å². The van der Waals surface area contributed by atoms with Gasteiger partial charge in [-0.2, -0.15) is 18.2 Å². The minimum atomic E-state index is -4.66. The third-order valence-electron chi connectivity index (χ3n) is 12.9. The van der Waals surface area contributed by atoms with Crippen LogP contribution in [0.3, 0.4) is 0 Å². The summed E-state index contributed by atoms with van der Waals surface area (Å²) in [5.74, 6) is -2.07. The van der Waals surface area contributed by atoms with Gasteiger partial charge in [0.05, 0.1) is 59.5 Å². The zero-order valence-electron chi connectivity index (χ0n) is 36.9. The molecular formula is C47H50ClF3N8O8S. The Hall–Kier alpha value is -5.93. The molecule has 2 aromatic heterocycles. The summed E-state index contributed by atoms with van der Waals surface area (Å²) in [6.45, 7) is 4.51. The van der Waals surface area contributed by atoms with E-state index in [1.54, 1.807) is 30.5 Å². The second-order valence-corrected chi connectivity index (χ2v) is 19.4. The highest BCUT2D eigenvalue weighted by Gasteiger charge is 2.41. The van der Waals surface area contributed by atoms with E-state index in [1.165, 1.54) is 12.1 Å². The Kier molecular flexibility index (Phi) is 13.8. The number of aromatic nitrogens is 2. The number of carbonyl (C=O) groups excluding carboxylic acids is 1. The molecular weight excluding hydrogens is 929 g/mol. The van der Waals surface area contributed by atoms with Crippen LogP contribution in [0.2, 0.25) is 5.02 Å². The minimum absolute atomic E-state index is 0.00899. The molecule has 1 amide bonds. The summed E-state index contributed by atoms with van der Waals surface area (Å²) in [6.07, 6.45) is -1.41. The van der Waals surface area contributed by atoms with Crippen LogP contribution in [-0.2, 0) is 19.5 Å². The molecule has 9 rings (SSSR count). The summed E-state index contributed by atoms with van der Waals surface area (Å²) >= 11 is 6.18. The average Bonchev–Trinajstić information content (AvgIpc) is 3.54. The number of piperazine rings is 1. The van der Waals surface area contributed by atoms with Crippen molar-refractivity contribution in [2.75, 3.05) is 87.4 Å². The topological polar surface area (TPSA) is 185 Å². The number of nitro benzene ring substituents is 1. The van der Waals surface area contributed by atoms with Crippen LogP contribution in [0, 0.1) is 16.0 Å². The van der Waals surface area contributed by atoms with Crippen molar-refractivity contribution in [1.82, 2.24) is 19.6 Å². The van der Waals surface area contributed by atoms with E-state index in [-0.39, 0.29) is 36.7 Å². The first-order valence-electron chi connectivity index (χ1n) is 22.5. The van der Waals surface area contributed by atoms with Crippen molar-refractivity contribution >= 4 is 72.6 Å². The summed E-state index contributed by atoms with van der Waals surface area (Å²) in [7, 11) is -4.66. The Labute approximate surface area is 395 Å². The largest absolute Gasteiger partial charge is 0.476 e. The number of benzene rings is 3. The quantitative estimate of drug-likeness (QED) is 0.0802. The fourth-order valence-corrected chi connectivity index (χ4v) is 10.5. The Bertz CT molecular complexity index is 2810. The van der Waals surface area contributed by atoms with Gasteiger partial charge in [-0.1, -0.05) is 29.3 Å². The molecule has 5 aromatic rings. The SMILES string of the molecule is O=C(NS(=O)(=O)c1ccc(NC[C@H]2COCCO2)c([N+](=O)[O-])c1)c1ccc(N2CCN(CC3=C(c4ccc(Cl)cc4)CCC[C@H](C(F)(F)F)C3)CC2)cc1N1CCCOc2nc3[nH]ccc3cc21. The number of nitrogens with zero attached hydrogens (tertiary/aromatic N) is 5. The molecule has 5 heterocycles. The lowest BCUT2D eigenvalue weighted by atomic mass is 9.93. The molecule has 0 saturated carbocycles. The maximum atomic E-state index is 14.4. The van der Waals surface area contributed by atoms with Crippen molar-refractivity contribution in [3.63, 3.8) is 0 Å². The Balaban J connectivity index is 0.990. The normalized spacial score (nSPS) is 19.8. The molecule has 0 spiro atoms. The molecule has 21 heteroatoms. The molecule has 0 unspecified atom stereocenters. The molecule has 2 saturated heterocycles. The van der Waals surface area contributed by atoms with Gasteiger partial charge in [-0.05, 0) is 97.8 Å². The number of amides is 1. The van der Waals surface area contributed by atoms with Crippen molar-refractivity contribution in [1.29, 1.82) is 0 Å². The summed E-state index contributed by atoms with van der Waals surface area (Å²) < 4.78 is 89.7. The van der Waals surface area contributed by atoms with Crippen LogP contribution in [-0.4, -0.2) is 119 Å². The molecule has 3 N–H and O–H groups in total. The number of allylic oxidation sites excluding steroid dienone is 1. The summed E-state index contributed by atoms with van der Waals surface area (Å²) in [5, 5.41) is 16.4. The maximum Gasteiger partial charge on any atom is 0.392 e. The van der Waals surface area contributed by atoms with E-state index in [1.807, 2.05) is 35.2 Å². The van der Waals surface area contributed by atoms with E-state index in [4.69, 9.17) is 30.8 Å². The van der Waals surface area contributed by atoms with Gasteiger partial charge in [0.25, 0.3) is 21.6 Å². The molecule has 0 radical (unpaired) electrons. The smallest absolute Gasteiger partial charge is 0.392 e. The van der Waals surface area contributed by atoms with Crippen LogP contribution in [0.4, 0.5) is 41.6 Å². The highest BCUT2D eigenvalue weighted by molar-refractivity contribution is 7.90. The van der Waals surface area contributed by atoms with Gasteiger partial charge in [0.15, 0.2) is 0 Å². The van der Waals surface area contributed by atoms with Crippen LogP contribution in [0.25, 0.3) is 16.6 Å². The van der Waals surface area contributed by atoms with Crippen LogP contribution in [0.15, 0.2) is 89.5 Å². The number of alkyl halides is 3. The van der Waals surface area contributed by atoms with Gasteiger partial charge in [-0.3, -0.25) is 19.8 Å². The molecule has 16 nitrogen and oxygen atoms in total. The highest BCUT2D eigenvalue weighted by atomic mass is 35.5. The molecule has 2 fully saturated rings. The number of fused-ring (bicyclic) bond motifs is 2. The van der Waals surface area contributed by atoms with Crippen LogP contribution in [0.5, 0.6) is 5.88 Å². The number of H-pyrrole nitrogens is 1. The number of nitrogens with one attached hydrogen (secondary N) is 3. The van der Waals surface area contributed by atoms with E-state index in [0.717, 1.165) is 33.8 Å². The number of pyridine rings is 1. The van der Waals surface area contributed by atoms with Gasteiger partial charge < -0.3 is 34.3 Å². The van der Waals surface area contributed by atoms with E-state index < -0.39 is 43.5 Å². The fourth-order valence-electron chi connectivity index (χ4n) is 9.34. The Morgan fingerprint density at radius 2 is 1.76 bits per heavy atom. The summed E-state index contributed by atoms with van der Waals surface area (Å²) in [6, 6.07) is 19.5. The lowest BCUT2D eigenvalue weighted by molar-refractivity contribution is -0.384. The predicted octanol–water partition coefficient (Wildman–Crippen LogP) is 8.32. The van der Waals surface area contributed by atoms with Gasteiger partial charge in [-0.25, -0.2) is 13.1 Å². The van der Waals surface area contributed by atoms with Crippen LogP contribution >= 0.6 is 11.6 Å². The van der Waals surface area contributed by atoms with Crippen molar-refractivity contribution < 1.29 is 45.5 Å². The van der Waals surface area contributed by atoms with Gasteiger partial charge in [0.1, 0.15) is 17.0 Å². The average molecular weight is 979 g/mol. The van der Waals surface area contributed by atoms with E-state index in [0.29, 0.717) is 113 Å². The molecule has 2 atom stereocenters. The number of halogens is 4. The molecule has 3 aromatic carbocycles. The number of nitro groups is 1. The molecule has 4 aliphatic rings. The van der Waals surface area contributed by atoms with Crippen molar-refractivity contribution in [2.24, 2.45) is 5.92 Å². The number of rotatable bonds is 12. The Morgan fingerprint density at radius 1 is 0.956 bits per heavy atom. The third-order valence-corrected chi connectivity index (χ3v) is 14.4. The number of ether oxygens (including phenoxy) is 3. The molecule has 3 aliphatic heterocycles. The minimum Gasteiger partial charge on any atom is -0.476 e. The second-order valence-electron chi connectivity index (χ2n) is 17.3. The van der Waals surface area contributed by atoms with Gasteiger partial charge in [-0.15, -0.1) is 0 Å². The zero-order chi connectivity index (χ0) is 47.6. The zero-order valence-corrected chi connectivity index (χ0v) is 38.5. The first kappa shape index (κ1) is 47.1. The highest BCUT2D eigenvalue weighted by Crippen LogP contribution is 2.43. The number of anilines is 4. The molecule has 0 bridgehead atoms. The number of aromatic amines is 1. The fraction of sp³-hybridized carbons (Fsp3) is 0.404. The lowest BCUT2D eigenvalue weighted by Gasteiger charge is -2.38. The van der Waals surface area contributed by atoms with Crippen molar-refractivity contribution in [2.45, 2.75) is 49.3 Å². The number of carbonyl (C=O) groups is 1. The molecule has 68 heavy (non-hydrogen) atoms. The monoisotopic (exact) mass is 978 g/mol. The maximum absolute atomic E-state index is 14.4. The first-order chi connectivity index (χ1) is 32.7. The van der Waals surface area contributed by atoms with Crippen molar-refractivity contribution in [3.8, 4) is 5.88 Å². The summed E-state index contributed by atoms with van der Waals surface area (Å²) in [5.41, 5.74) is 4.43. The third kappa shape index (κ3) is 10.5. The summed E-state index contributed by atoms with van der Waals surface area (Å²) in [4.78, 5) is 39.3. The molecule has 360 valence electrons. The van der Waals surface area contributed by atoms with E-state index in [2.05, 4.69) is 24.8 Å². The second kappa shape index (κ2) is 20.0. The van der Waals surface area contributed by atoms with Crippen molar-refractivity contribution in [3.05, 3.63) is 111 Å². The van der Waals surface area contributed by atoms with Crippen LogP contribution < -0.4 is 24.6 Å². The van der Waals surface area contributed by atoms with E-state index in [9.17, 15) is 36.5 Å². The number of sulfonamides is 1.